The largest absolute Gasteiger partial charge is 0.348 e. The number of benzene rings is 1. The average molecular weight is 209 g/mol. The third-order valence-electron chi connectivity index (χ3n) is 2.50. The molecule has 0 saturated heterocycles. The molecular formula is C11H13ClN2. The minimum atomic E-state index is 0.678. The van der Waals surface area contributed by atoms with E-state index in [0.717, 1.165) is 11.4 Å². The molecule has 0 radical (unpaired) electrons. The smallest absolute Gasteiger partial charge is 0.0480 e. The van der Waals surface area contributed by atoms with Crippen molar-refractivity contribution in [3.8, 4) is 0 Å². The number of aromatic nitrogens is 1. The SMILES string of the molecule is Cn1c(CCN)cc2cc(Cl)ccc21. The third kappa shape index (κ3) is 1.51. The maximum Gasteiger partial charge on any atom is 0.0480 e. The molecule has 1 aromatic heterocycles. The lowest BCUT2D eigenvalue weighted by Gasteiger charge is -2.01. The Morgan fingerprint density at radius 3 is 2.86 bits per heavy atom. The maximum atomic E-state index is 5.92. The zero-order valence-electron chi connectivity index (χ0n) is 8.13. The van der Waals surface area contributed by atoms with Gasteiger partial charge in [-0.25, -0.2) is 0 Å². The van der Waals surface area contributed by atoms with Gasteiger partial charge in [0.2, 0.25) is 0 Å². The fraction of sp³-hybridized carbons (Fsp3) is 0.273. The first-order chi connectivity index (χ1) is 6.72. The predicted octanol–water partition coefficient (Wildman–Crippen LogP) is 2.33. The van der Waals surface area contributed by atoms with Crippen molar-refractivity contribution in [2.45, 2.75) is 6.42 Å². The second kappa shape index (κ2) is 3.64. The van der Waals surface area contributed by atoms with Gasteiger partial charge >= 0.3 is 0 Å². The van der Waals surface area contributed by atoms with Gasteiger partial charge in [0.25, 0.3) is 0 Å². The van der Waals surface area contributed by atoms with Crippen LogP contribution in [0.3, 0.4) is 0 Å². The molecule has 0 aliphatic rings. The van der Waals surface area contributed by atoms with Crippen LogP contribution in [0, 0.1) is 0 Å². The van der Waals surface area contributed by atoms with E-state index >= 15 is 0 Å². The molecule has 0 fully saturated rings. The van der Waals surface area contributed by atoms with Crippen LogP contribution in [-0.2, 0) is 13.5 Å². The molecule has 2 aromatic rings. The van der Waals surface area contributed by atoms with E-state index in [4.69, 9.17) is 17.3 Å². The number of halogens is 1. The summed E-state index contributed by atoms with van der Waals surface area (Å²) in [5.74, 6) is 0. The van der Waals surface area contributed by atoms with Crippen molar-refractivity contribution in [2.75, 3.05) is 6.54 Å². The summed E-state index contributed by atoms with van der Waals surface area (Å²) in [6.07, 6.45) is 0.906. The van der Waals surface area contributed by atoms with Crippen LogP contribution in [0.5, 0.6) is 0 Å². The normalized spacial score (nSPS) is 11.1. The highest BCUT2D eigenvalue weighted by Gasteiger charge is 2.04. The van der Waals surface area contributed by atoms with E-state index < -0.39 is 0 Å². The van der Waals surface area contributed by atoms with E-state index in [9.17, 15) is 0 Å². The fourth-order valence-corrected chi connectivity index (χ4v) is 1.95. The van der Waals surface area contributed by atoms with E-state index in [1.807, 2.05) is 18.2 Å². The zero-order chi connectivity index (χ0) is 10.1. The van der Waals surface area contributed by atoms with Gasteiger partial charge in [0.05, 0.1) is 0 Å². The predicted molar refractivity (Wildman–Crippen MR) is 60.7 cm³/mol. The van der Waals surface area contributed by atoms with Gasteiger partial charge in [-0.1, -0.05) is 11.6 Å². The molecule has 74 valence electrons. The molecule has 1 heterocycles. The molecule has 14 heavy (non-hydrogen) atoms. The highest BCUT2D eigenvalue weighted by Crippen LogP contribution is 2.22. The molecule has 0 aliphatic carbocycles. The molecule has 0 aliphatic heterocycles. The Bertz CT molecular complexity index is 460. The summed E-state index contributed by atoms with van der Waals surface area (Å²) in [5.41, 5.74) is 8.00. The second-order valence-electron chi connectivity index (χ2n) is 3.44. The molecule has 2 N–H and O–H groups in total. The quantitative estimate of drug-likeness (QED) is 0.807. The lowest BCUT2D eigenvalue weighted by atomic mass is 10.2. The number of nitrogens with zero attached hydrogens (tertiary/aromatic N) is 1. The van der Waals surface area contributed by atoms with Crippen molar-refractivity contribution in [1.82, 2.24) is 4.57 Å². The van der Waals surface area contributed by atoms with Gasteiger partial charge in [0.15, 0.2) is 0 Å². The second-order valence-corrected chi connectivity index (χ2v) is 3.87. The average Bonchev–Trinajstić information content (AvgIpc) is 2.44. The molecule has 1 aromatic carbocycles. The van der Waals surface area contributed by atoms with Gasteiger partial charge in [-0.05, 0) is 37.2 Å². The van der Waals surface area contributed by atoms with Crippen LogP contribution in [0.4, 0.5) is 0 Å². The van der Waals surface area contributed by atoms with Crippen LogP contribution in [0.2, 0.25) is 5.02 Å². The summed E-state index contributed by atoms with van der Waals surface area (Å²) in [6, 6.07) is 8.08. The summed E-state index contributed by atoms with van der Waals surface area (Å²) in [7, 11) is 2.06. The van der Waals surface area contributed by atoms with E-state index in [1.54, 1.807) is 0 Å². The van der Waals surface area contributed by atoms with Gasteiger partial charge in [-0.3, -0.25) is 0 Å². The molecule has 0 unspecified atom stereocenters. The van der Waals surface area contributed by atoms with Crippen molar-refractivity contribution in [1.29, 1.82) is 0 Å². The number of fused-ring (bicyclic) bond motifs is 1. The Hall–Kier alpha value is -0.990. The van der Waals surface area contributed by atoms with Gasteiger partial charge in [0, 0.05) is 28.7 Å². The van der Waals surface area contributed by atoms with Crippen molar-refractivity contribution >= 4 is 22.5 Å². The first kappa shape index (κ1) is 9.56. The van der Waals surface area contributed by atoms with E-state index in [1.165, 1.54) is 16.6 Å². The molecule has 0 saturated carbocycles. The highest BCUT2D eigenvalue weighted by atomic mass is 35.5. The minimum absolute atomic E-state index is 0.678. The summed E-state index contributed by atoms with van der Waals surface area (Å²) in [6.45, 7) is 0.678. The van der Waals surface area contributed by atoms with Gasteiger partial charge in [-0.15, -0.1) is 0 Å². The molecule has 3 heteroatoms. The topological polar surface area (TPSA) is 30.9 Å². The summed E-state index contributed by atoms with van der Waals surface area (Å²) < 4.78 is 2.17. The Labute approximate surface area is 88.3 Å². The number of hydrogen-bond acceptors (Lipinski definition) is 1. The molecule has 0 amide bonds. The monoisotopic (exact) mass is 208 g/mol. The third-order valence-corrected chi connectivity index (χ3v) is 2.74. The highest BCUT2D eigenvalue weighted by molar-refractivity contribution is 6.31. The first-order valence-electron chi connectivity index (χ1n) is 4.66. The van der Waals surface area contributed by atoms with Gasteiger partial charge in [-0.2, -0.15) is 0 Å². The van der Waals surface area contributed by atoms with Crippen LogP contribution in [-0.4, -0.2) is 11.1 Å². The lowest BCUT2D eigenvalue weighted by molar-refractivity contribution is 0.827. The lowest BCUT2D eigenvalue weighted by Crippen LogP contribution is -2.06. The minimum Gasteiger partial charge on any atom is -0.348 e. The number of aryl methyl sites for hydroxylation is 1. The number of hydrogen-bond donors (Lipinski definition) is 1. The van der Waals surface area contributed by atoms with Crippen LogP contribution in [0.15, 0.2) is 24.3 Å². The Morgan fingerprint density at radius 2 is 2.14 bits per heavy atom. The van der Waals surface area contributed by atoms with E-state index in [2.05, 4.69) is 17.7 Å². The summed E-state index contributed by atoms with van der Waals surface area (Å²) in [4.78, 5) is 0. The van der Waals surface area contributed by atoms with E-state index in [-0.39, 0.29) is 0 Å². The fourth-order valence-electron chi connectivity index (χ4n) is 1.77. The Kier molecular flexibility index (Phi) is 2.48. The maximum absolute atomic E-state index is 5.92. The Balaban J connectivity index is 2.61. The molecule has 0 atom stereocenters. The van der Waals surface area contributed by atoms with Crippen molar-refractivity contribution in [2.24, 2.45) is 12.8 Å². The van der Waals surface area contributed by atoms with Crippen LogP contribution < -0.4 is 5.73 Å². The number of nitrogens with two attached hydrogens (primary N) is 1. The first-order valence-corrected chi connectivity index (χ1v) is 5.04. The Morgan fingerprint density at radius 1 is 1.36 bits per heavy atom. The van der Waals surface area contributed by atoms with Crippen LogP contribution >= 0.6 is 11.6 Å². The van der Waals surface area contributed by atoms with Crippen molar-refractivity contribution in [3.63, 3.8) is 0 Å². The van der Waals surface area contributed by atoms with Crippen LogP contribution in [0.25, 0.3) is 10.9 Å². The zero-order valence-corrected chi connectivity index (χ0v) is 8.88. The molecule has 0 spiro atoms. The molecular weight excluding hydrogens is 196 g/mol. The molecule has 0 bridgehead atoms. The van der Waals surface area contributed by atoms with Gasteiger partial charge in [0.1, 0.15) is 0 Å². The van der Waals surface area contributed by atoms with E-state index in [0.29, 0.717) is 6.54 Å². The van der Waals surface area contributed by atoms with Crippen molar-refractivity contribution in [3.05, 3.63) is 35.0 Å². The summed E-state index contributed by atoms with van der Waals surface area (Å²) in [5, 5.41) is 1.96. The molecule has 2 rings (SSSR count). The number of rotatable bonds is 2. The van der Waals surface area contributed by atoms with Gasteiger partial charge < -0.3 is 10.3 Å². The van der Waals surface area contributed by atoms with Crippen molar-refractivity contribution < 1.29 is 0 Å². The summed E-state index contributed by atoms with van der Waals surface area (Å²) >= 11 is 5.92. The standard InChI is InChI=1S/C11H13ClN2/c1-14-10(4-5-13)7-8-6-9(12)2-3-11(8)14/h2-3,6-7H,4-5,13H2,1H3. The van der Waals surface area contributed by atoms with Crippen LogP contribution in [0.1, 0.15) is 5.69 Å². The molecule has 2 nitrogen and oxygen atoms in total.